The van der Waals surface area contributed by atoms with Crippen LogP contribution >= 0.6 is 0 Å². The number of hydrogen-bond donors (Lipinski definition) is 0. The Morgan fingerprint density at radius 1 is 0.765 bits per heavy atom. The van der Waals surface area contributed by atoms with Gasteiger partial charge in [0.05, 0.1) is 25.5 Å². The van der Waals surface area contributed by atoms with Gasteiger partial charge in [0.1, 0.15) is 24.8 Å². The van der Waals surface area contributed by atoms with E-state index in [1.807, 2.05) is 46.6 Å². The Kier molecular flexibility index (Phi) is 13.7. The zero-order valence-electron chi connectivity index (χ0n) is 18.0. The first kappa shape index (κ1) is 33.5. The topological polar surface area (TPSA) is 134 Å². The molecule has 0 atom stereocenters. The Morgan fingerprint density at radius 2 is 1.00 bits per heavy atom. The van der Waals surface area contributed by atoms with E-state index in [1.165, 1.54) is 0 Å². The van der Waals surface area contributed by atoms with E-state index in [4.69, 9.17) is 10.3 Å². The third kappa shape index (κ3) is 13.8. The molecule has 34 heavy (non-hydrogen) atoms. The molecule has 2 aromatic heterocycles. The molecule has 2 aromatic rings. The molecule has 0 bridgehead atoms. The minimum atomic E-state index is -5.59. The summed E-state index contributed by atoms with van der Waals surface area (Å²) in [6, 6.07) is 0. The molecule has 0 saturated carbocycles. The van der Waals surface area contributed by atoms with Crippen LogP contribution in [0.1, 0.15) is 13.8 Å². The van der Waals surface area contributed by atoms with Crippen LogP contribution in [0.3, 0.4) is 0 Å². The van der Waals surface area contributed by atoms with Gasteiger partial charge in [0, 0.05) is 0 Å². The monoisotopic (exact) mass is 542 g/mol. The summed E-state index contributed by atoms with van der Waals surface area (Å²) in [6.45, 7) is 13.5. The lowest BCUT2D eigenvalue weighted by molar-refractivity contribution is -0.692. The Morgan fingerprint density at radius 3 is 1.09 bits per heavy atom. The molecule has 2 heterocycles. The molecule has 10 nitrogen and oxygen atoms in total. The van der Waals surface area contributed by atoms with Gasteiger partial charge in [0.25, 0.3) is 0 Å². The first-order valence-electron chi connectivity index (χ1n) is 8.73. The van der Waals surface area contributed by atoms with Gasteiger partial charge in [0.15, 0.2) is 20.0 Å². The van der Waals surface area contributed by atoms with Crippen LogP contribution < -0.4 is 9.13 Å². The van der Waals surface area contributed by atoms with E-state index in [0.29, 0.717) is 0 Å². The van der Waals surface area contributed by atoms with E-state index in [0.717, 1.165) is 13.1 Å². The third-order valence-electron chi connectivity index (χ3n) is 3.19. The molecule has 0 saturated heterocycles. The fourth-order valence-electron chi connectivity index (χ4n) is 1.41. The summed E-state index contributed by atoms with van der Waals surface area (Å²) in [6.07, 6.45) is 15.5. The zero-order valence-corrected chi connectivity index (χ0v) is 19.6. The van der Waals surface area contributed by atoms with E-state index >= 15 is 0 Å². The number of imidazole rings is 2. The first-order valence-corrected chi connectivity index (χ1v) is 11.7. The molecule has 0 aromatic carbocycles. The molecule has 0 fully saturated rings. The second-order valence-electron chi connectivity index (χ2n) is 5.65. The number of halogens is 6. The van der Waals surface area contributed by atoms with Crippen LogP contribution in [0.5, 0.6) is 0 Å². The fourth-order valence-corrected chi connectivity index (χ4v) is 1.41. The smallest absolute Gasteiger partial charge is 0.479 e. The van der Waals surface area contributed by atoms with Gasteiger partial charge in [-0.1, -0.05) is 13.2 Å². The third-order valence-corrected chi connectivity index (χ3v) is 4.40. The Balaban J connectivity index is 0. The van der Waals surface area contributed by atoms with E-state index in [-0.39, 0.29) is 0 Å². The molecule has 0 aliphatic carbocycles. The van der Waals surface area contributed by atoms with Gasteiger partial charge in [-0.2, -0.15) is 26.3 Å². The summed E-state index contributed by atoms with van der Waals surface area (Å²) in [5.74, 6) is 0. The van der Waals surface area contributed by atoms with Gasteiger partial charge in [-0.15, -0.1) is 0 Å². The van der Waals surface area contributed by atoms with E-state index in [9.17, 15) is 43.2 Å². The molecular formula is C16H24F6N6O4S2. The minimum Gasteiger partial charge on any atom is -0.556 e. The molecule has 196 valence electrons. The van der Waals surface area contributed by atoms with Crippen molar-refractivity contribution < 1.29 is 52.3 Å². The van der Waals surface area contributed by atoms with Crippen LogP contribution in [0.25, 0.3) is 22.7 Å². The Labute approximate surface area is 193 Å². The van der Waals surface area contributed by atoms with Crippen LogP contribution in [-0.2, 0) is 33.1 Å². The molecule has 0 aliphatic heterocycles. The van der Waals surface area contributed by atoms with Gasteiger partial charge in [-0.05, 0) is 13.8 Å². The lowest BCUT2D eigenvalue weighted by atomic mass is 10.7. The number of nitrogens with one attached hydrogen (secondary N) is 2. The van der Waals surface area contributed by atoms with Crippen molar-refractivity contribution in [1.82, 2.24) is 9.13 Å². The van der Waals surface area contributed by atoms with Crippen molar-refractivity contribution in [3.63, 3.8) is 0 Å². The van der Waals surface area contributed by atoms with Crippen molar-refractivity contribution in [2.45, 2.75) is 38.0 Å². The number of nitrogens with zero attached hydrogens (tertiary/aromatic N) is 4. The second kappa shape index (κ2) is 13.9. The maximum Gasteiger partial charge on any atom is 0.479 e. The molecule has 0 radical (unpaired) electrons. The van der Waals surface area contributed by atoms with Crippen LogP contribution in [0.2, 0.25) is 0 Å². The predicted molar refractivity (Wildman–Crippen MR) is 112 cm³/mol. The molecule has 0 unspecified atom stereocenters. The highest BCUT2D eigenvalue weighted by Gasteiger charge is 2.37. The number of hydrogen-bond acceptors (Lipinski definition) is 4. The summed E-state index contributed by atoms with van der Waals surface area (Å²) >= 11 is 0. The van der Waals surface area contributed by atoms with E-state index < -0.39 is 31.1 Å². The van der Waals surface area contributed by atoms with Gasteiger partial charge in [-0.3, -0.25) is 0 Å². The summed E-state index contributed by atoms with van der Waals surface area (Å²) in [4.78, 5) is 0. The van der Waals surface area contributed by atoms with Crippen LogP contribution in [0.4, 0.5) is 26.3 Å². The van der Waals surface area contributed by atoms with E-state index in [2.05, 4.69) is 36.1 Å². The second-order valence-corrected chi connectivity index (χ2v) is 8.59. The van der Waals surface area contributed by atoms with Crippen LogP contribution in [0.15, 0.2) is 50.6 Å². The van der Waals surface area contributed by atoms with Crippen molar-refractivity contribution in [2.24, 2.45) is 0 Å². The summed E-state index contributed by atoms with van der Waals surface area (Å²) < 4.78 is 110. The molecule has 2 rings (SSSR count). The van der Waals surface area contributed by atoms with E-state index in [1.54, 1.807) is 12.4 Å². The van der Waals surface area contributed by atoms with Crippen molar-refractivity contribution in [2.75, 3.05) is 0 Å². The van der Waals surface area contributed by atoms with Gasteiger partial charge < -0.3 is 10.3 Å². The SMILES string of the molecule is C=Cn1cc[n+](CC)c1.C=Cn1cc[n+](CC)c1.[NH-]S(=O)(=O)C(F)(F)F.[NH-]S(=O)(=O)C(F)(F)F. The van der Waals surface area contributed by atoms with Crippen LogP contribution in [-0.4, -0.2) is 37.0 Å². The highest BCUT2D eigenvalue weighted by Crippen LogP contribution is 2.23. The molecule has 0 aliphatic rings. The number of sulfonamides is 2. The minimum absolute atomic E-state index is 1.01. The largest absolute Gasteiger partial charge is 0.556 e. The summed E-state index contributed by atoms with van der Waals surface area (Å²) in [7, 11) is -11.2. The Hall–Kier alpha value is -2.70. The average Bonchev–Trinajstić information content (AvgIpc) is 3.35. The van der Waals surface area contributed by atoms with Crippen molar-refractivity contribution in [1.29, 1.82) is 0 Å². The quantitative estimate of drug-likeness (QED) is 0.431. The van der Waals surface area contributed by atoms with Gasteiger partial charge >= 0.3 is 11.0 Å². The maximum absolute atomic E-state index is 10.8. The molecule has 18 heteroatoms. The average molecular weight is 543 g/mol. The van der Waals surface area contributed by atoms with Crippen molar-refractivity contribution in [3.8, 4) is 0 Å². The Bertz CT molecular complexity index is 1020. The summed E-state index contributed by atoms with van der Waals surface area (Å²) in [5.41, 5.74) is -10.8. The normalized spacial score (nSPS) is 11.6. The molecule has 2 N–H and O–H groups in total. The molecule has 0 amide bonds. The number of rotatable bonds is 4. The standard InChI is InChI=1S/2C7H11N2.2CHF3NO2S/c2*1-3-8-5-6-9(4-2)7-8;2*2-1(3,4)8(5,6)7/h2*3,5-7H,1,4H2,2H3;2*(H-,5,6,7)/q2*+1;2*-1. The highest BCUT2D eigenvalue weighted by atomic mass is 32.2. The predicted octanol–water partition coefficient (Wildman–Crippen LogP) is 3.57. The fraction of sp³-hybridized carbons (Fsp3) is 0.375. The number of aromatic nitrogens is 4. The number of alkyl halides is 6. The first-order chi connectivity index (χ1) is 15.2. The molecule has 0 spiro atoms. The lowest BCUT2D eigenvalue weighted by Gasteiger charge is -2.07. The van der Waals surface area contributed by atoms with Crippen molar-refractivity contribution in [3.05, 3.63) is 60.9 Å². The lowest BCUT2D eigenvalue weighted by Crippen LogP contribution is -2.28. The van der Waals surface area contributed by atoms with Crippen LogP contribution in [0, 0.1) is 0 Å². The zero-order chi connectivity index (χ0) is 27.4. The number of aryl methyl sites for hydroxylation is 2. The maximum atomic E-state index is 10.8. The summed E-state index contributed by atoms with van der Waals surface area (Å²) in [5, 5.41) is 10.9. The van der Waals surface area contributed by atoms with Gasteiger partial charge in [0.2, 0.25) is 12.7 Å². The van der Waals surface area contributed by atoms with Gasteiger partial charge in [-0.25, -0.2) is 35.1 Å². The highest BCUT2D eigenvalue weighted by molar-refractivity contribution is 7.94. The van der Waals surface area contributed by atoms with Crippen molar-refractivity contribution >= 4 is 32.4 Å². The molecular weight excluding hydrogens is 518 g/mol.